The Morgan fingerprint density at radius 3 is 2.71 bits per heavy atom. The maximum atomic E-state index is 11.0. The molecule has 1 amide bonds. The van der Waals surface area contributed by atoms with Crippen LogP contribution in [-0.2, 0) is 4.79 Å². The Labute approximate surface area is 127 Å². The summed E-state index contributed by atoms with van der Waals surface area (Å²) in [5.74, 6) is -0.0811. The van der Waals surface area contributed by atoms with Gasteiger partial charge in [-0.3, -0.25) is 9.69 Å². The second kappa shape index (κ2) is 7.57. The van der Waals surface area contributed by atoms with Gasteiger partial charge in [0.05, 0.1) is 6.10 Å². The smallest absolute Gasteiger partial charge is 0.221 e. The standard InChI is InChI=1S/C17H26N2O2/c1-3-16-6-4-5-11-19(16)12-17(21)14-7-9-15(10-8-14)18-13(2)20/h7-10,16-17,21H,3-6,11-12H2,1-2H3,(H,18,20). The monoisotopic (exact) mass is 290 g/mol. The molecule has 1 fully saturated rings. The molecule has 0 bridgehead atoms. The first kappa shape index (κ1) is 16.0. The fourth-order valence-corrected chi connectivity index (χ4v) is 3.08. The number of rotatable bonds is 5. The lowest BCUT2D eigenvalue weighted by molar-refractivity contribution is -0.114. The highest BCUT2D eigenvalue weighted by molar-refractivity contribution is 5.88. The van der Waals surface area contributed by atoms with Crippen LogP contribution in [-0.4, -0.2) is 35.0 Å². The molecular weight excluding hydrogens is 264 g/mol. The first-order valence-electron chi connectivity index (χ1n) is 7.89. The van der Waals surface area contributed by atoms with Crippen LogP contribution in [0.4, 0.5) is 5.69 Å². The summed E-state index contributed by atoms with van der Waals surface area (Å²) >= 11 is 0. The fourth-order valence-electron chi connectivity index (χ4n) is 3.08. The van der Waals surface area contributed by atoms with Gasteiger partial charge in [-0.15, -0.1) is 0 Å². The summed E-state index contributed by atoms with van der Waals surface area (Å²) in [5, 5.41) is 13.2. The SMILES string of the molecule is CCC1CCCCN1CC(O)c1ccc(NC(C)=O)cc1. The molecule has 4 nitrogen and oxygen atoms in total. The predicted molar refractivity (Wildman–Crippen MR) is 85.2 cm³/mol. The Bertz CT molecular complexity index is 458. The molecule has 0 saturated carbocycles. The second-order valence-electron chi connectivity index (χ2n) is 5.87. The third-order valence-corrected chi connectivity index (χ3v) is 4.24. The lowest BCUT2D eigenvalue weighted by Gasteiger charge is -2.36. The lowest BCUT2D eigenvalue weighted by atomic mass is 9.98. The van der Waals surface area contributed by atoms with E-state index in [4.69, 9.17) is 0 Å². The minimum Gasteiger partial charge on any atom is -0.387 e. The zero-order valence-corrected chi connectivity index (χ0v) is 13.0. The molecular formula is C17H26N2O2. The van der Waals surface area contributed by atoms with Crippen molar-refractivity contribution in [3.05, 3.63) is 29.8 Å². The van der Waals surface area contributed by atoms with E-state index in [-0.39, 0.29) is 5.91 Å². The van der Waals surface area contributed by atoms with Gasteiger partial charge in [0.1, 0.15) is 0 Å². The van der Waals surface area contributed by atoms with Crippen LogP contribution in [0.1, 0.15) is 51.2 Å². The molecule has 1 heterocycles. The van der Waals surface area contributed by atoms with E-state index in [9.17, 15) is 9.90 Å². The van der Waals surface area contributed by atoms with Crippen molar-refractivity contribution in [3.8, 4) is 0 Å². The molecule has 1 saturated heterocycles. The normalized spacial score (nSPS) is 21.0. The molecule has 2 atom stereocenters. The number of likely N-dealkylation sites (tertiary alicyclic amines) is 1. The van der Waals surface area contributed by atoms with Crippen molar-refractivity contribution in [1.82, 2.24) is 4.90 Å². The Kier molecular flexibility index (Phi) is 5.76. The quantitative estimate of drug-likeness (QED) is 0.876. The van der Waals surface area contributed by atoms with Crippen LogP contribution < -0.4 is 5.32 Å². The Morgan fingerprint density at radius 1 is 1.38 bits per heavy atom. The van der Waals surface area contributed by atoms with Crippen molar-refractivity contribution in [2.75, 3.05) is 18.4 Å². The van der Waals surface area contributed by atoms with Gasteiger partial charge in [0.25, 0.3) is 0 Å². The molecule has 0 aliphatic carbocycles. The van der Waals surface area contributed by atoms with Crippen LogP contribution in [0.2, 0.25) is 0 Å². The zero-order valence-electron chi connectivity index (χ0n) is 13.0. The molecule has 2 N–H and O–H groups in total. The van der Waals surface area contributed by atoms with Crippen LogP contribution >= 0.6 is 0 Å². The number of β-amino-alcohol motifs (C(OH)–C–C–N with tert-alkyl or cyclic N) is 1. The molecule has 1 aliphatic rings. The van der Waals surface area contributed by atoms with Crippen molar-refractivity contribution in [2.24, 2.45) is 0 Å². The molecule has 1 aliphatic heterocycles. The van der Waals surface area contributed by atoms with Crippen LogP contribution in [0.3, 0.4) is 0 Å². The number of aliphatic hydroxyl groups excluding tert-OH is 1. The summed E-state index contributed by atoms with van der Waals surface area (Å²) in [6, 6.07) is 8.06. The van der Waals surface area contributed by atoms with E-state index in [1.807, 2.05) is 24.3 Å². The van der Waals surface area contributed by atoms with E-state index in [1.165, 1.54) is 26.2 Å². The number of hydrogen-bond acceptors (Lipinski definition) is 3. The first-order chi connectivity index (χ1) is 10.1. The van der Waals surface area contributed by atoms with Crippen LogP contribution in [0, 0.1) is 0 Å². The maximum Gasteiger partial charge on any atom is 0.221 e. The van der Waals surface area contributed by atoms with E-state index in [0.717, 1.165) is 24.2 Å². The highest BCUT2D eigenvalue weighted by atomic mass is 16.3. The molecule has 2 unspecified atom stereocenters. The van der Waals surface area contributed by atoms with Gasteiger partial charge in [0, 0.05) is 25.2 Å². The molecule has 0 radical (unpaired) electrons. The van der Waals surface area contributed by atoms with E-state index in [0.29, 0.717) is 12.6 Å². The van der Waals surface area contributed by atoms with Gasteiger partial charge in [-0.05, 0) is 43.5 Å². The van der Waals surface area contributed by atoms with Gasteiger partial charge in [0.2, 0.25) is 5.91 Å². The number of carbonyl (C=O) groups is 1. The number of nitrogens with zero attached hydrogens (tertiary/aromatic N) is 1. The highest BCUT2D eigenvalue weighted by Gasteiger charge is 2.23. The first-order valence-corrected chi connectivity index (χ1v) is 7.89. The third kappa shape index (κ3) is 4.55. The number of piperidine rings is 1. The number of hydrogen-bond donors (Lipinski definition) is 2. The third-order valence-electron chi connectivity index (χ3n) is 4.24. The number of aliphatic hydroxyl groups is 1. The van der Waals surface area contributed by atoms with Crippen molar-refractivity contribution in [3.63, 3.8) is 0 Å². The van der Waals surface area contributed by atoms with E-state index in [2.05, 4.69) is 17.1 Å². The van der Waals surface area contributed by atoms with Gasteiger partial charge in [0.15, 0.2) is 0 Å². The topological polar surface area (TPSA) is 52.6 Å². The van der Waals surface area contributed by atoms with E-state index < -0.39 is 6.10 Å². The van der Waals surface area contributed by atoms with Crippen LogP contribution in [0.25, 0.3) is 0 Å². The molecule has 21 heavy (non-hydrogen) atoms. The van der Waals surface area contributed by atoms with Crippen LogP contribution in [0.15, 0.2) is 24.3 Å². The lowest BCUT2D eigenvalue weighted by Crippen LogP contribution is -2.41. The summed E-state index contributed by atoms with van der Waals surface area (Å²) in [6.07, 6.45) is 4.45. The molecule has 4 heteroatoms. The Hall–Kier alpha value is -1.39. The van der Waals surface area contributed by atoms with Gasteiger partial charge in [-0.2, -0.15) is 0 Å². The summed E-state index contributed by atoms with van der Waals surface area (Å²) < 4.78 is 0. The number of amides is 1. The largest absolute Gasteiger partial charge is 0.387 e. The van der Waals surface area contributed by atoms with E-state index >= 15 is 0 Å². The maximum absolute atomic E-state index is 11.0. The molecule has 116 valence electrons. The number of anilines is 1. The molecule has 0 spiro atoms. The second-order valence-corrected chi connectivity index (χ2v) is 5.87. The molecule has 1 aromatic rings. The molecule has 0 aromatic heterocycles. The Balaban J connectivity index is 1.95. The van der Waals surface area contributed by atoms with E-state index in [1.54, 1.807) is 0 Å². The van der Waals surface area contributed by atoms with Crippen molar-refractivity contribution >= 4 is 11.6 Å². The summed E-state index contributed by atoms with van der Waals surface area (Å²) in [6.45, 7) is 5.49. The van der Waals surface area contributed by atoms with Gasteiger partial charge in [-0.1, -0.05) is 25.5 Å². The van der Waals surface area contributed by atoms with Crippen molar-refractivity contribution in [1.29, 1.82) is 0 Å². The fraction of sp³-hybridized carbons (Fsp3) is 0.588. The zero-order chi connectivity index (χ0) is 15.2. The minimum absolute atomic E-state index is 0.0811. The number of carbonyl (C=O) groups excluding carboxylic acids is 1. The highest BCUT2D eigenvalue weighted by Crippen LogP contribution is 2.24. The summed E-state index contributed by atoms with van der Waals surface area (Å²) in [7, 11) is 0. The van der Waals surface area contributed by atoms with Crippen molar-refractivity contribution in [2.45, 2.75) is 51.7 Å². The van der Waals surface area contributed by atoms with Crippen molar-refractivity contribution < 1.29 is 9.90 Å². The average Bonchev–Trinajstić information content (AvgIpc) is 2.48. The molecule has 2 rings (SSSR count). The summed E-state index contributed by atoms with van der Waals surface area (Å²) in [5.41, 5.74) is 1.67. The number of benzene rings is 1. The van der Waals surface area contributed by atoms with Crippen LogP contribution in [0.5, 0.6) is 0 Å². The van der Waals surface area contributed by atoms with Gasteiger partial charge in [-0.25, -0.2) is 0 Å². The molecule has 1 aromatic carbocycles. The minimum atomic E-state index is -0.469. The van der Waals surface area contributed by atoms with Gasteiger partial charge < -0.3 is 10.4 Å². The Morgan fingerprint density at radius 2 is 2.10 bits per heavy atom. The summed E-state index contributed by atoms with van der Waals surface area (Å²) in [4.78, 5) is 13.4. The number of nitrogens with one attached hydrogen (secondary N) is 1. The average molecular weight is 290 g/mol. The predicted octanol–water partition coefficient (Wildman–Crippen LogP) is 2.94. The van der Waals surface area contributed by atoms with Gasteiger partial charge >= 0.3 is 0 Å².